The van der Waals surface area contributed by atoms with Crippen molar-refractivity contribution in [3.63, 3.8) is 0 Å². The molecule has 0 N–H and O–H groups in total. The molecule has 1 amide bonds. The Morgan fingerprint density at radius 2 is 1.91 bits per heavy atom. The molecule has 0 unspecified atom stereocenters. The van der Waals surface area contributed by atoms with Gasteiger partial charge in [0.15, 0.2) is 0 Å². The van der Waals surface area contributed by atoms with Crippen molar-refractivity contribution >= 4 is 28.5 Å². The maximum atomic E-state index is 12.6. The first-order chi connectivity index (χ1) is 10.4. The van der Waals surface area contributed by atoms with Crippen molar-refractivity contribution in [1.29, 1.82) is 0 Å². The molecule has 1 aromatic carbocycles. The lowest BCUT2D eigenvalue weighted by molar-refractivity contribution is -0.0587. The largest absolute Gasteiger partial charge is 0.422 e. The van der Waals surface area contributed by atoms with Crippen LogP contribution in [-0.2, 0) is 4.74 Å². The number of morpholine rings is 1. The maximum Gasteiger partial charge on any atom is 0.349 e. The molecule has 0 spiro atoms. The highest BCUT2D eigenvalue weighted by atomic mass is 35.5. The van der Waals surface area contributed by atoms with Crippen LogP contribution in [0.2, 0.25) is 5.02 Å². The molecule has 0 bridgehead atoms. The topological polar surface area (TPSA) is 59.8 Å². The van der Waals surface area contributed by atoms with Gasteiger partial charge in [0.1, 0.15) is 11.1 Å². The highest BCUT2D eigenvalue weighted by molar-refractivity contribution is 6.31. The number of ether oxygens (including phenoxy) is 1. The zero-order chi connectivity index (χ0) is 15.9. The number of benzene rings is 1. The number of amides is 1. The average molecular weight is 322 g/mol. The van der Waals surface area contributed by atoms with Gasteiger partial charge in [-0.2, -0.15) is 0 Å². The molecule has 0 aliphatic carbocycles. The highest BCUT2D eigenvalue weighted by Gasteiger charge is 2.28. The van der Waals surface area contributed by atoms with Gasteiger partial charge < -0.3 is 14.1 Å². The molecule has 116 valence electrons. The summed E-state index contributed by atoms with van der Waals surface area (Å²) in [6.45, 7) is 4.71. The van der Waals surface area contributed by atoms with E-state index >= 15 is 0 Å². The fourth-order valence-corrected chi connectivity index (χ4v) is 2.94. The Morgan fingerprint density at radius 3 is 2.59 bits per heavy atom. The van der Waals surface area contributed by atoms with Gasteiger partial charge in [-0.05, 0) is 38.1 Å². The van der Waals surface area contributed by atoms with Crippen molar-refractivity contribution < 1.29 is 13.9 Å². The molecular weight excluding hydrogens is 306 g/mol. The molecule has 0 saturated carbocycles. The molecule has 2 aromatic rings. The third kappa shape index (κ3) is 2.87. The van der Waals surface area contributed by atoms with Crippen LogP contribution in [0.15, 0.2) is 33.5 Å². The van der Waals surface area contributed by atoms with Crippen molar-refractivity contribution in [3.05, 3.63) is 45.3 Å². The first kappa shape index (κ1) is 15.1. The van der Waals surface area contributed by atoms with E-state index in [9.17, 15) is 9.59 Å². The minimum absolute atomic E-state index is 0.0241. The van der Waals surface area contributed by atoms with Gasteiger partial charge in [-0.3, -0.25) is 4.79 Å². The second-order valence-corrected chi connectivity index (χ2v) is 6.03. The number of hydrogen-bond acceptors (Lipinski definition) is 4. The normalized spacial score (nSPS) is 22.0. The molecule has 5 nitrogen and oxygen atoms in total. The third-order valence-corrected chi connectivity index (χ3v) is 3.87. The summed E-state index contributed by atoms with van der Waals surface area (Å²) in [5.74, 6) is -0.336. The summed E-state index contributed by atoms with van der Waals surface area (Å²) in [5, 5.41) is 1.15. The van der Waals surface area contributed by atoms with Gasteiger partial charge in [0, 0.05) is 23.5 Å². The number of fused-ring (bicyclic) bond motifs is 1. The fourth-order valence-electron chi connectivity index (χ4n) is 2.76. The Kier molecular flexibility index (Phi) is 3.93. The van der Waals surface area contributed by atoms with Crippen molar-refractivity contribution in [2.75, 3.05) is 13.1 Å². The number of rotatable bonds is 1. The smallest absolute Gasteiger partial charge is 0.349 e. The predicted octanol–water partition coefficient (Wildman–Crippen LogP) is 2.70. The van der Waals surface area contributed by atoms with E-state index in [2.05, 4.69) is 0 Å². The van der Waals surface area contributed by atoms with Gasteiger partial charge in [0.25, 0.3) is 5.91 Å². The number of carbonyl (C=O) groups is 1. The number of hydrogen-bond donors (Lipinski definition) is 0. The zero-order valence-electron chi connectivity index (χ0n) is 12.3. The summed E-state index contributed by atoms with van der Waals surface area (Å²) < 4.78 is 10.8. The van der Waals surface area contributed by atoms with Gasteiger partial charge in [-0.15, -0.1) is 0 Å². The van der Waals surface area contributed by atoms with Crippen LogP contribution in [0.1, 0.15) is 24.2 Å². The predicted molar refractivity (Wildman–Crippen MR) is 83.4 cm³/mol. The zero-order valence-corrected chi connectivity index (χ0v) is 13.1. The van der Waals surface area contributed by atoms with Crippen molar-refractivity contribution in [2.45, 2.75) is 26.1 Å². The van der Waals surface area contributed by atoms with Gasteiger partial charge in [0.05, 0.1) is 12.2 Å². The number of carbonyl (C=O) groups excluding carboxylic acids is 1. The Labute approximate surface area is 132 Å². The summed E-state index contributed by atoms with van der Waals surface area (Å²) in [6, 6.07) is 6.47. The first-order valence-electron chi connectivity index (χ1n) is 7.12. The van der Waals surface area contributed by atoms with Crippen LogP contribution in [0, 0.1) is 0 Å². The molecule has 1 fully saturated rings. The quantitative estimate of drug-likeness (QED) is 0.758. The molecule has 1 aliphatic heterocycles. The second-order valence-electron chi connectivity index (χ2n) is 5.60. The monoisotopic (exact) mass is 321 g/mol. The first-order valence-corrected chi connectivity index (χ1v) is 7.50. The van der Waals surface area contributed by atoms with E-state index in [1.165, 1.54) is 0 Å². The molecule has 3 rings (SSSR count). The SMILES string of the molecule is C[C@@H]1CN(C(=O)c2cc3cc(Cl)ccc3oc2=O)C[C@H](C)O1. The van der Waals surface area contributed by atoms with Crippen LogP contribution in [0.5, 0.6) is 0 Å². The average Bonchev–Trinajstić information content (AvgIpc) is 2.45. The lowest BCUT2D eigenvalue weighted by Crippen LogP contribution is -2.49. The van der Waals surface area contributed by atoms with Gasteiger partial charge in [-0.1, -0.05) is 11.6 Å². The van der Waals surface area contributed by atoms with Crippen LogP contribution in [0.3, 0.4) is 0 Å². The minimum atomic E-state index is -0.633. The van der Waals surface area contributed by atoms with E-state index in [1.807, 2.05) is 13.8 Å². The van der Waals surface area contributed by atoms with Gasteiger partial charge in [0.2, 0.25) is 0 Å². The summed E-state index contributed by atoms with van der Waals surface area (Å²) in [6.07, 6.45) is -0.121. The molecule has 2 atom stereocenters. The molecular formula is C16H16ClNO4. The van der Waals surface area contributed by atoms with Crippen LogP contribution in [0.25, 0.3) is 11.0 Å². The Balaban J connectivity index is 2.00. The second kappa shape index (κ2) is 5.74. The lowest BCUT2D eigenvalue weighted by atomic mass is 10.1. The highest BCUT2D eigenvalue weighted by Crippen LogP contribution is 2.20. The summed E-state index contributed by atoms with van der Waals surface area (Å²) in [4.78, 5) is 26.3. The molecule has 2 heterocycles. The number of nitrogens with zero attached hydrogens (tertiary/aromatic N) is 1. The summed E-state index contributed by atoms with van der Waals surface area (Å²) in [7, 11) is 0. The molecule has 0 radical (unpaired) electrons. The third-order valence-electron chi connectivity index (χ3n) is 3.63. The van der Waals surface area contributed by atoms with Crippen LogP contribution >= 0.6 is 11.6 Å². The summed E-state index contributed by atoms with van der Waals surface area (Å²) >= 11 is 5.95. The Bertz CT molecular complexity index is 775. The van der Waals surface area contributed by atoms with E-state index in [0.717, 1.165) is 0 Å². The Morgan fingerprint density at radius 1 is 1.23 bits per heavy atom. The van der Waals surface area contributed by atoms with Crippen LogP contribution in [0.4, 0.5) is 0 Å². The molecule has 22 heavy (non-hydrogen) atoms. The van der Waals surface area contributed by atoms with Gasteiger partial charge in [-0.25, -0.2) is 4.79 Å². The summed E-state index contributed by atoms with van der Waals surface area (Å²) in [5.41, 5.74) is -0.197. The van der Waals surface area contributed by atoms with E-state index in [0.29, 0.717) is 29.1 Å². The number of halogens is 1. The van der Waals surface area contributed by atoms with Crippen LogP contribution in [-0.4, -0.2) is 36.1 Å². The van der Waals surface area contributed by atoms with Crippen molar-refractivity contribution in [1.82, 2.24) is 4.90 Å². The lowest BCUT2D eigenvalue weighted by Gasteiger charge is -2.35. The van der Waals surface area contributed by atoms with E-state index in [-0.39, 0.29) is 23.7 Å². The van der Waals surface area contributed by atoms with Crippen LogP contribution < -0.4 is 5.63 Å². The minimum Gasteiger partial charge on any atom is -0.422 e. The molecule has 1 aliphatic rings. The van der Waals surface area contributed by atoms with E-state index in [1.54, 1.807) is 29.2 Å². The fraction of sp³-hybridized carbons (Fsp3) is 0.375. The van der Waals surface area contributed by atoms with E-state index in [4.69, 9.17) is 20.8 Å². The maximum absolute atomic E-state index is 12.6. The molecule has 6 heteroatoms. The van der Waals surface area contributed by atoms with Gasteiger partial charge >= 0.3 is 5.63 Å². The Hall–Kier alpha value is -1.85. The van der Waals surface area contributed by atoms with Crippen molar-refractivity contribution in [2.24, 2.45) is 0 Å². The standard InChI is InChI=1S/C16H16ClNO4/c1-9-7-18(8-10(2)21-9)15(19)13-6-11-5-12(17)3-4-14(11)22-16(13)20/h3-6,9-10H,7-8H2,1-2H3/t9-,10+. The molecule has 1 saturated heterocycles. The molecule has 1 aromatic heterocycles. The van der Waals surface area contributed by atoms with E-state index < -0.39 is 5.63 Å². The van der Waals surface area contributed by atoms with Crippen molar-refractivity contribution in [3.8, 4) is 0 Å².